The van der Waals surface area contributed by atoms with E-state index in [1.165, 1.54) is 18.2 Å². The Kier molecular flexibility index (Phi) is 4.85. The summed E-state index contributed by atoms with van der Waals surface area (Å²) in [7, 11) is -0.582. The van der Waals surface area contributed by atoms with Gasteiger partial charge in [0.1, 0.15) is 12.1 Å². The molecular weight excluding hydrogens is 302 g/mol. The van der Waals surface area contributed by atoms with Gasteiger partial charge in [0, 0.05) is 16.9 Å². The Labute approximate surface area is 136 Å². The number of aldehydes is 1. The average Bonchev–Trinajstić information content (AvgIpc) is 2.66. The van der Waals surface area contributed by atoms with Gasteiger partial charge in [-0.2, -0.15) is 12.6 Å². The molecule has 1 aromatic rings. The van der Waals surface area contributed by atoms with Gasteiger partial charge in [-0.15, -0.1) is 0 Å². The van der Waals surface area contributed by atoms with E-state index in [0.717, 1.165) is 0 Å². The van der Waals surface area contributed by atoms with Crippen molar-refractivity contribution >= 4 is 32.1 Å². The van der Waals surface area contributed by atoms with E-state index in [1.807, 2.05) is 27.7 Å². The summed E-state index contributed by atoms with van der Waals surface area (Å²) < 4.78 is 25.8. The van der Waals surface area contributed by atoms with Gasteiger partial charge in [0.2, 0.25) is 0 Å². The molecule has 0 saturated carbocycles. The van der Waals surface area contributed by atoms with Crippen molar-refractivity contribution in [3.05, 3.63) is 40.6 Å². The predicted octanol–water partition coefficient (Wildman–Crippen LogP) is 3.58. The standard InChI is InChI=1S/C16H20BFO3S/c1-15(2)16(3,4)21-17(20-15)13(10-22)8-12-7-11(9-19)5-6-14(12)18/h5-9,22H,10H2,1-4H3. The summed E-state index contributed by atoms with van der Waals surface area (Å²) in [5, 5.41) is 0. The summed E-state index contributed by atoms with van der Waals surface area (Å²) in [6.45, 7) is 7.82. The van der Waals surface area contributed by atoms with E-state index < -0.39 is 24.1 Å². The van der Waals surface area contributed by atoms with Crippen LogP contribution in [0.25, 0.3) is 6.08 Å². The molecular formula is C16H20BFO3S. The minimum atomic E-state index is -0.582. The lowest BCUT2D eigenvalue weighted by Gasteiger charge is -2.32. The van der Waals surface area contributed by atoms with Crippen molar-refractivity contribution in [2.45, 2.75) is 38.9 Å². The molecule has 1 saturated heterocycles. The number of rotatable bonds is 4. The molecule has 0 spiro atoms. The Hall–Kier alpha value is -1.11. The van der Waals surface area contributed by atoms with Gasteiger partial charge in [-0.1, -0.05) is 6.08 Å². The molecule has 22 heavy (non-hydrogen) atoms. The quantitative estimate of drug-likeness (QED) is 0.523. The molecule has 1 heterocycles. The van der Waals surface area contributed by atoms with Gasteiger partial charge >= 0.3 is 7.12 Å². The van der Waals surface area contributed by atoms with Crippen LogP contribution in [0.15, 0.2) is 23.7 Å². The van der Waals surface area contributed by atoms with Crippen molar-refractivity contribution in [3.63, 3.8) is 0 Å². The Balaban J connectivity index is 2.35. The molecule has 0 bridgehead atoms. The number of thiol groups is 1. The number of benzene rings is 1. The maximum absolute atomic E-state index is 13.9. The Bertz CT molecular complexity index is 597. The normalized spacial score (nSPS) is 20.3. The van der Waals surface area contributed by atoms with E-state index in [0.29, 0.717) is 28.6 Å². The van der Waals surface area contributed by atoms with Crippen molar-refractivity contribution in [1.29, 1.82) is 0 Å². The Morgan fingerprint density at radius 2 is 1.86 bits per heavy atom. The fourth-order valence-electron chi connectivity index (χ4n) is 2.13. The van der Waals surface area contributed by atoms with Crippen LogP contribution in [0.5, 0.6) is 0 Å². The molecule has 0 amide bonds. The predicted molar refractivity (Wildman–Crippen MR) is 89.7 cm³/mol. The minimum Gasteiger partial charge on any atom is -0.400 e. The first-order chi connectivity index (χ1) is 10.2. The molecule has 0 N–H and O–H groups in total. The van der Waals surface area contributed by atoms with E-state index in [4.69, 9.17) is 9.31 Å². The van der Waals surface area contributed by atoms with Crippen LogP contribution in [0.4, 0.5) is 4.39 Å². The van der Waals surface area contributed by atoms with Gasteiger partial charge in [-0.05, 0) is 51.4 Å². The smallest absolute Gasteiger partial charge is 0.400 e. The number of halogens is 1. The first-order valence-electron chi connectivity index (χ1n) is 7.12. The highest BCUT2D eigenvalue weighted by molar-refractivity contribution is 7.80. The fourth-order valence-corrected chi connectivity index (χ4v) is 2.37. The summed E-state index contributed by atoms with van der Waals surface area (Å²) >= 11 is 4.30. The minimum absolute atomic E-state index is 0.323. The highest BCUT2D eigenvalue weighted by Gasteiger charge is 2.52. The summed E-state index contributed by atoms with van der Waals surface area (Å²) in [6.07, 6.45) is 2.32. The number of hydrogen-bond acceptors (Lipinski definition) is 4. The number of hydrogen-bond donors (Lipinski definition) is 1. The highest BCUT2D eigenvalue weighted by Crippen LogP contribution is 2.39. The highest BCUT2D eigenvalue weighted by atomic mass is 32.1. The second-order valence-electron chi connectivity index (χ2n) is 6.36. The largest absolute Gasteiger partial charge is 0.491 e. The zero-order chi connectivity index (χ0) is 16.5. The maximum atomic E-state index is 13.9. The van der Waals surface area contributed by atoms with Crippen LogP contribution in [-0.4, -0.2) is 30.4 Å². The van der Waals surface area contributed by atoms with Crippen molar-refractivity contribution in [3.8, 4) is 0 Å². The van der Waals surface area contributed by atoms with E-state index in [2.05, 4.69) is 12.6 Å². The molecule has 6 heteroatoms. The van der Waals surface area contributed by atoms with E-state index in [9.17, 15) is 9.18 Å². The number of carbonyl (C=O) groups excluding carboxylic acids is 1. The van der Waals surface area contributed by atoms with Crippen molar-refractivity contribution in [1.82, 2.24) is 0 Å². The van der Waals surface area contributed by atoms with Crippen LogP contribution in [0.1, 0.15) is 43.6 Å². The molecule has 0 aromatic heterocycles. The molecule has 0 unspecified atom stereocenters. The maximum Gasteiger partial charge on any atom is 0.491 e. The van der Waals surface area contributed by atoms with Crippen LogP contribution in [0, 0.1) is 5.82 Å². The lowest BCUT2D eigenvalue weighted by atomic mass is 9.78. The molecule has 0 aliphatic carbocycles. The average molecular weight is 322 g/mol. The molecule has 2 rings (SSSR count). The molecule has 1 aliphatic rings. The molecule has 118 valence electrons. The molecule has 1 fully saturated rings. The van der Waals surface area contributed by atoms with Crippen LogP contribution in [0.2, 0.25) is 0 Å². The zero-order valence-corrected chi connectivity index (χ0v) is 14.1. The monoisotopic (exact) mass is 322 g/mol. The second kappa shape index (κ2) is 6.18. The topological polar surface area (TPSA) is 35.5 Å². The van der Waals surface area contributed by atoms with Gasteiger partial charge in [0.05, 0.1) is 11.2 Å². The summed E-state index contributed by atoms with van der Waals surface area (Å²) in [5.41, 5.74) is 0.513. The van der Waals surface area contributed by atoms with Crippen LogP contribution < -0.4 is 0 Å². The Morgan fingerprint density at radius 1 is 1.27 bits per heavy atom. The third-order valence-corrected chi connectivity index (χ3v) is 4.60. The van der Waals surface area contributed by atoms with Gasteiger partial charge in [0.15, 0.2) is 0 Å². The zero-order valence-electron chi connectivity index (χ0n) is 13.2. The van der Waals surface area contributed by atoms with Gasteiger partial charge in [0.25, 0.3) is 0 Å². The SMILES string of the molecule is CC1(C)OB(C(=Cc2cc(C=O)ccc2F)CS)OC1(C)C. The summed E-state index contributed by atoms with van der Waals surface area (Å²) in [4.78, 5) is 10.8. The van der Waals surface area contributed by atoms with Crippen LogP contribution >= 0.6 is 12.6 Å². The van der Waals surface area contributed by atoms with E-state index >= 15 is 0 Å². The van der Waals surface area contributed by atoms with Crippen molar-refractivity contribution < 1.29 is 18.5 Å². The van der Waals surface area contributed by atoms with Gasteiger partial charge in [-0.3, -0.25) is 4.79 Å². The van der Waals surface area contributed by atoms with Crippen LogP contribution in [-0.2, 0) is 9.31 Å². The summed E-state index contributed by atoms with van der Waals surface area (Å²) in [5.74, 6) is -0.0388. The summed E-state index contributed by atoms with van der Waals surface area (Å²) in [6, 6.07) is 4.21. The third-order valence-electron chi connectivity index (χ3n) is 4.24. The molecule has 0 radical (unpaired) electrons. The van der Waals surface area contributed by atoms with Gasteiger partial charge in [-0.25, -0.2) is 4.39 Å². The van der Waals surface area contributed by atoms with Gasteiger partial charge < -0.3 is 9.31 Å². The van der Waals surface area contributed by atoms with E-state index in [-0.39, 0.29) is 0 Å². The lowest BCUT2D eigenvalue weighted by Crippen LogP contribution is -2.41. The third kappa shape index (κ3) is 3.29. The fraction of sp³-hybridized carbons (Fsp3) is 0.438. The van der Waals surface area contributed by atoms with E-state index in [1.54, 1.807) is 6.08 Å². The molecule has 0 atom stereocenters. The van der Waals surface area contributed by atoms with Crippen LogP contribution in [0.3, 0.4) is 0 Å². The first kappa shape index (κ1) is 17.3. The lowest BCUT2D eigenvalue weighted by molar-refractivity contribution is 0.00578. The number of carbonyl (C=O) groups is 1. The Morgan fingerprint density at radius 3 is 2.36 bits per heavy atom. The van der Waals surface area contributed by atoms with Crippen molar-refractivity contribution in [2.75, 3.05) is 5.75 Å². The van der Waals surface area contributed by atoms with Crippen molar-refractivity contribution in [2.24, 2.45) is 0 Å². The molecule has 1 aromatic carbocycles. The second-order valence-corrected chi connectivity index (χ2v) is 6.68. The first-order valence-corrected chi connectivity index (χ1v) is 7.75. The molecule has 1 aliphatic heterocycles. The molecule has 3 nitrogen and oxygen atoms in total.